The van der Waals surface area contributed by atoms with Gasteiger partial charge in [-0.2, -0.15) is 0 Å². The number of amides is 4. The van der Waals surface area contributed by atoms with Crippen molar-refractivity contribution < 1.29 is 81.4 Å². The van der Waals surface area contributed by atoms with Crippen LogP contribution in [0.25, 0.3) is 10.4 Å². The van der Waals surface area contributed by atoms with Crippen LogP contribution in [0.3, 0.4) is 0 Å². The van der Waals surface area contributed by atoms with E-state index in [-0.39, 0.29) is 86.6 Å². The number of nitrogens with one attached hydrogen (secondary N) is 4. The fourth-order valence-electron chi connectivity index (χ4n) is 5.04. The first-order valence-electron chi connectivity index (χ1n) is 18.5. The number of carboxylic acids is 1. The van der Waals surface area contributed by atoms with Crippen molar-refractivity contribution >= 4 is 53.5 Å². The number of rotatable bonds is 27. The Balaban J connectivity index is 2.21. The SMILES string of the molecule is COC(=O)CC[C@H](NC(=O)c1cc(C(=O)NCCNC(=O)c2cccc(OCC(N=[N+]=[N-])OCCOCC(=O)O)c2)cc(C(=O)N[C@@H](CCC(=O)OC)C(=O)OC)c1)C(=O)OC. The van der Waals surface area contributed by atoms with Crippen LogP contribution in [-0.2, 0) is 52.4 Å². The van der Waals surface area contributed by atoms with Crippen molar-refractivity contribution in [2.75, 3.05) is 68.0 Å². The van der Waals surface area contributed by atoms with Gasteiger partial charge >= 0.3 is 29.8 Å². The smallest absolute Gasteiger partial charge is 0.329 e. The molecule has 0 heterocycles. The van der Waals surface area contributed by atoms with Crippen molar-refractivity contribution in [3.8, 4) is 5.75 Å². The second-order valence-electron chi connectivity index (χ2n) is 12.5. The van der Waals surface area contributed by atoms with Gasteiger partial charge in [0.15, 0.2) is 6.23 Å². The Morgan fingerprint density at radius 3 is 1.65 bits per heavy atom. The van der Waals surface area contributed by atoms with Crippen molar-refractivity contribution in [3.05, 3.63) is 75.2 Å². The lowest BCUT2D eigenvalue weighted by atomic mass is 10.0. The van der Waals surface area contributed by atoms with Crippen LogP contribution in [0.1, 0.15) is 67.1 Å². The summed E-state index contributed by atoms with van der Waals surface area (Å²) in [4.78, 5) is 115. The summed E-state index contributed by atoms with van der Waals surface area (Å²) in [5.41, 5.74) is 8.16. The second-order valence-corrected chi connectivity index (χ2v) is 12.5. The molecule has 1 unspecified atom stereocenters. The van der Waals surface area contributed by atoms with E-state index in [1.807, 2.05) is 0 Å². The van der Waals surface area contributed by atoms with Crippen molar-refractivity contribution in [2.45, 2.75) is 44.0 Å². The zero-order chi connectivity index (χ0) is 46.0. The molecule has 2 rings (SSSR count). The number of aliphatic carboxylic acids is 1. The van der Waals surface area contributed by atoms with Crippen molar-refractivity contribution in [2.24, 2.45) is 5.11 Å². The molecule has 0 bridgehead atoms. The first-order valence-corrected chi connectivity index (χ1v) is 18.5. The maximum Gasteiger partial charge on any atom is 0.329 e. The predicted molar refractivity (Wildman–Crippen MR) is 209 cm³/mol. The molecule has 0 fully saturated rings. The van der Waals surface area contributed by atoms with Gasteiger partial charge in [-0.1, -0.05) is 11.2 Å². The lowest BCUT2D eigenvalue weighted by Gasteiger charge is -2.18. The number of carbonyl (C=O) groups is 9. The van der Waals surface area contributed by atoms with Crippen LogP contribution >= 0.6 is 0 Å². The minimum atomic E-state index is -1.34. The summed E-state index contributed by atoms with van der Waals surface area (Å²) >= 11 is 0. The Morgan fingerprint density at radius 1 is 0.677 bits per heavy atom. The Morgan fingerprint density at radius 2 is 1.18 bits per heavy atom. The van der Waals surface area contributed by atoms with E-state index >= 15 is 0 Å². The lowest BCUT2D eigenvalue weighted by molar-refractivity contribution is -0.146. The van der Waals surface area contributed by atoms with E-state index in [4.69, 9.17) is 34.3 Å². The Hall–Kier alpha value is -7.30. The molecule has 0 aliphatic heterocycles. The van der Waals surface area contributed by atoms with Crippen molar-refractivity contribution in [3.63, 3.8) is 0 Å². The summed E-state index contributed by atoms with van der Waals surface area (Å²) in [5, 5.41) is 22.1. The van der Waals surface area contributed by atoms with Crippen LogP contribution in [0.5, 0.6) is 5.75 Å². The topological polar surface area (TPSA) is 335 Å². The minimum absolute atomic E-state index is 0.0823. The van der Waals surface area contributed by atoms with Gasteiger partial charge in [-0.05, 0) is 54.8 Å². The van der Waals surface area contributed by atoms with Gasteiger partial charge in [-0.15, -0.1) is 0 Å². The molecule has 0 saturated heterocycles. The average Bonchev–Trinajstić information content (AvgIpc) is 3.27. The number of hydrogen-bond donors (Lipinski definition) is 5. The van der Waals surface area contributed by atoms with Gasteiger partial charge in [0.1, 0.15) is 31.0 Å². The highest BCUT2D eigenvalue weighted by molar-refractivity contribution is 6.06. The molecule has 4 amide bonds. The van der Waals surface area contributed by atoms with Gasteiger partial charge in [-0.3, -0.25) is 28.8 Å². The van der Waals surface area contributed by atoms with Gasteiger partial charge in [0, 0.05) is 53.1 Å². The number of methoxy groups -OCH3 is 4. The molecule has 3 atom stereocenters. The minimum Gasteiger partial charge on any atom is -0.491 e. The summed E-state index contributed by atoms with van der Waals surface area (Å²) in [6, 6.07) is 6.53. The molecule has 0 aliphatic rings. The number of nitrogens with zero attached hydrogens (tertiary/aromatic N) is 3. The molecule has 5 N–H and O–H groups in total. The largest absolute Gasteiger partial charge is 0.491 e. The second kappa shape index (κ2) is 27.5. The van der Waals surface area contributed by atoms with Crippen LogP contribution in [0.15, 0.2) is 47.6 Å². The van der Waals surface area contributed by atoms with Gasteiger partial charge in [0.2, 0.25) is 0 Å². The normalized spacial score (nSPS) is 11.8. The van der Waals surface area contributed by atoms with E-state index in [0.29, 0.717) is 0 Å². The van der Waals surface area contributed by atoms with E-state index < -0.39 is 78.4 Å². The maximum atomic E-state index is 13.5. The monoisotopic (exact) mass is 873 g/mol. The first-order chi connectivity index (χ1) is 29.6. The molecule has 2 aromatic carbocycles. The molecule has 336 valence electrons. The summed E-state index contributed by atoms with van der Waals surface area (Å²) < 4.78 is 34.5. The highest BCUT2D eigenvalue weighted by atomic mass is 16.6. The third-order valence-corrected chi connectivity index (χ3v) is 8.16. The lowest BCUT2D eigenvalue weighted by Crippen LogP contribution is -2.43. The van der Waals surface area contributed by atoms with E-state index in [9.17, 15) is 43.2 Å². The van der Waals surface area contributed by atoms with Gasteiger partial charge in [-0.25, -0.2) is 14.4 Å². The number of azide groups is 1. The molecular weight excluding hydrogens is 826 g/mol. The average molecular weight is 874 g/mol. The maximum absolute atomic E-state index is 13.5. The van der Waals surface area contributed by atoms with Crippen molar-refractivity contribution in [1.82, 2.24) is 21.3 Å². The highest BCUT2D eigenvalue weighted by Crippen LogP contribution is 2.16. The fourth-order valence-corrected chi connectivity index (χ4v) is 5.04. The third-order valence-electron chi connectivity index (χ3n) is 8.16. The van der Waals surface area contributed by atoms with Crippen LogP contribution in [-0.4, -0.2) is 145 Å². The highest BCUT2D eigenvalue weighted by Gasteiger charge is 2.27. The molecular formula is C38H47N7O17. The third kappa shape index (κ3) is 18.3. The van der Waals surface area contributed by atoms with E-state index in [2.05, 4.69) is 40.8 Å². The quantitative estimate of drug-likeness (QED) is 0.0203. The van der Waals surface area contributed by atoms with E-state index in [0.717, 1.165) is 46.6 Å². The predicted octanol–water partition coefficient (Wildman–Crippen LogP) is 0.429. The molecule has 62 heavy (non-hydrogen) atoms. The Labute approximate surface area is 353 Å². The van der Waals surface area contributed by atoms with Gasteiger partial charge < -0.3 is 59.5 Å². The summed E-state index contributed by atoms with van der Waals surface area (Å²) in [6.45, 7) is -1.23. The molecule has 0 radical (unpaired) electrons. The standard InChI is InChI=1S/C38H47N7O17/c1-56-31(48)10-8-27(37(54)58-3)42-35(52)24-16-23(17-25(18-24)36(53)43-28(38(55)59-4)9-11-32(49)57-2)34(51)41-13-12-40-33(50)22-6-5-7-26(19-22)62-20-29(44-45-39)61-15-14-60-21-30(46)47/h5-7,16-19,27-29H,8-15,20-21H2,1-4H3,(H,40,50)(H,41,51)(H,42,52)(H,43,53)(H,46,47)/t27-,28-,29?/m0/s1. The van der Waals surface area contributed by atoms with E-state index in [1.54, 1.807) is 0 Å². The number of hydrogen-bond acceptors (Lipinski definition) is 17. The van der Waals surface area contributed by atoms with Crippen LogP contribution in [0, 0.1) is 0 Å². The van der Waals surface area contributed by atoms with Crippen molar-refractivity contribution in [1.29, 1.82) is 0 Å². The molecule has 0 saturated carbocycles. The zero-order valence-electron chi connectivity index (χ0n) is 34.2. The number of carboxylic acid groups (broad SMARTS) is 1. The van der Waals surface area contributed by atoms with Gasteiger partial charge in [0.25, 0.3) is 23.6 Å². The van der Waals surface area contributed by atoms with Crippen LogP contribution < -0.4 is 26.0 Å². The summed E-state index contributed by atoms with van der Waals surface area (Å²) in [7, 11) is 4.41. The molecule has 24 nitrogen and oxygen atoms in total. The number of benzene rings is 2. The number of ether oxygens (including phenoxy) is 7. The summed E-state index contributed by atoms with van der Waals surface area (Å²) in [5.74, 6) is -7.37. The Bertz CT molecular complexity index is 1900. The van der Waals surface area contributed by atoms with Crippen LogP contribution in [0.2, 0.25) is 0 Å². The van der Waals surface area contributed by atoms with Gasteiger partial charge in [0.05, 0.1) is 41.7 Å². The molecule has 0 spiro atoms. The fraction of sp³-hybridized carbons (Fsp3) is 0.447. The first kappa shape index (κ1) is 50.8. The Kier molecular flexibility index (Phi) is 22.5. The summed E-state index contributed by atoms with van der Waals surface area (Å²) in [6.07, 6.45) is -2.07. The van der Waals surface area contributed by atoms with E-state index in [1.165, 1.54) is 24.3 Å². The molecule has 2 aromatic rings. The number of esters is 4. The zero-order valence-corrected chi connectivity index (χ0v) is 34.2. The molecule has 24 heteroatoms. The molecule has 0 aromatic heterocycles. The molecule has 0 aliphatic carbocycles. The van der Waals surface area contributed by atoms with Crippen LogP contribution in [0.4, 0.5) is 0 Å². The number of carbonyl (C=O) groups excluding carboxylic acids is 8.